The zero-order valence-corrected chi connectivity index (χ0v) is 42.3. The minimum atomic E-state index is -0.555. The molecule has 15 nitrogen and oxygen atoms in total. The number of nitrogens with zero attached hydrogens (tertiary/aromatic N) is 2. The Balaban J connectivity index is 1.59. The second-order valence-electron chi connectivity index (χ2n) is 17.8. The maximum Gasteiger partial charge on any atom is 0.409 e. The van der Waals surface area contributed by atoms with E-state index >= 15 is 0 Å². The highest BCUT2D eigenvalue weighted by Crippen LogP contribution is 2.25. The largest absolute Gasteiger partial charge is 0.449 e. The number of aromatic amines is 5. The van der Waals surface area contributed by atoms with Crippen molar-refractivity contribution in [3.63, 3.8) is 0 Å². The summed E-state index contributed by atoms with van der Waals surface area (Å²) in [4.78, 5) is 47.8. The number of fused-ring (bicyclic) bond motifs is 10. The SMILES string of the molecule is CCc1c(CC)c2[nH]c1=Cc1[nH]c(c(C)c1CCCOC(=O)N(CCO)CCO)C=c1[nH]c(c(CC)c1CC)=c1[nH]c(c(CC)c1CC)=Cc1[nH]c(c(CCCOC(=O)N(CCO)CCO)c1C)C=2. The molecule has 0 saturated carbocycles. The molecule has 0 unspecified atom stereocenters. The third-order valence-corrected chi connectivity index (χ3v) is 13.8. The number of aromatic nitrogens is 5. The van der Waals surface area contributed by atoms with E-state index in [1.165, 1.54) is 43.2 Å². The summed E-state index contributed by atoms with van der Waals surface area (Å²) in [5, 5.41) is 44.3. The van der Waals surface area contributed by atoms with Gasteiger partial charge in [0, 0.05) is 70.4 Å². The number of rotatable bonds is 22. The maximum atomic E-state index is 12.9. The Morgan fingerprint density at radius 2 is 0.739 bits per heavy atom. The Labute approximate surface area is 405 Å². The molecule has 69 heavy (non-hydrogen) atoms. The molecule has 6 rings (SSSR count). The van der Waals surface area contributed by atoms with Crippen molar-refractivity contribution in [1.82, 2.24) is 34.7 Å². The van der Waals surface area contributed by atoms with Gasteiger partial charge >= 0.3 is 12.2 Å². The van der Waals surface area contributed by atoms with E-state index in [9.17, 15) is 30.0 Å². The Morgan fingerprint density at radius 3 is 1.06 bits per heavy atom. The molecule has 5 aromatic heterocycles. The highest BCUT2D eigenvalue weighted by molar-refractivity contribution is 5.68. The van der Waals surface area contributed by atoms with Crippen molar-refractivity contribution in [2.75, 3.05) is 65.8 Å². The van der Waals surface area contributed by atoms with E-state index < -0.39 is 12.2 Å². The van der Waals surface area contributed by atoms with Gasteiger partial charge in [-0.2, -0.15) is 0 Å². The molecule has 10 bridgehead atoms. The molecule has 0 saturated heterocycles. The van der Waals surface area contributed by atoms with Crippen LogP contribution in [0.25, 0.3) is 24.3 Å². The van der Waals surface area contributed by atoms with Crippen molar-refractivity contribution in [2.45, 2.75) is 120 Å². The highest BCUT2D eigenvalue weighted by atomic mass is 16.6. The number of nitrogens with one attached hydrogen (secondary N) is 5. The van der Waals surface area contributed by atoms with Gasteiger partial charge in [-0.25, -0.2) is 9.59 Å². The average molecular weight is 952 g/mol. The number of hydrogen-bond donors (Lipinski definition) is 9. The van der Waals surface area contributed by atoms with Gasteiger partial charge in [-0.15, -0.1) is 0 Å². The van der Waals surface area contributed by atoms with Crippen LogP contribution in [0.2, 0.25) is 0 Å². The van der Waals surface area contributed by atoms with Crippen LogP contribution in [-0.4, -0.2) is 133 Å². The lowest BCUT2D eigenvalue weighted by Gasteiger charge is -2.19. The topological polar surface area (TPSA) is 219 Å². The van der Waals surface area contributed by atoms with E-state index in [1.54, 1.807) is 0 Å². The number of aliphatic hydroxyl groups excluding tert-OH is 4. The molecule has 15 heteroatoms. The van der Waals surface area contributed by atoms with Gasteiger partial charge in [0.1, 0.15) is 0 Å². The lowest BCUT2D eigenvalue weighted by molar-refractivity contribution is 0.0849. The molecule has 376 valence electrons. The first-order chi connectivity index (χ1) is 33.4. The van der Waals surface area contributed by atoms with Crippen molar-refractivity contribution >= 4 is 36.5 Å². The van der Waals surface area contributed by atoms with Crippen LogP contribution in [0.3, 0.4) is 0 Å². The lowest BCUT2D eigenvalue weighted by atomic mass is 10.0. The van der Waals surface area contributed by atoms with Gasteiger partial charge in [-0.1, -0.05) is 41.5 Å². The van der Waals surface area contributed by atoms with Gasteiger partial charge in [0.15, 0.2) is 0 Å². The fourth-order valence-electron chi connectivity index (χ4n) is 10.3. The van der Waals surface area contributed by atoms with Crippen molar-refractivity contribution in [2.24, 2.45) is 0 Å². The first kappa shape index (κ1) is 52.6. The van der Waals surface area contributed by atoms with Gasteiger partial charge in [0.2, 0.25) is 0 Å². The molecule has 0 aliphatic carbocycles. The summed E-state index contributed by atoms with van der Waals surface area (Å²) < 4.78 is 11.3. The van der Waals surface area contributed by atoms with Crippen LogP contribution < -0.4 is 21.4 Å². The van der Waals surface area contributed by atoms with Crippen molar-refractivity contribution in [1.29, 1.82) is 0 Å². The standard InChI is InChI=1S/C54H77N7O8/c1-9-35-36(10-2)46-32-50-42(18-16-28-69-54(67)61(21-25-64)22-26-65)34(8)44(56-50)30-48-38(12-4)40(14-6)52(59-48)51-39(13-5)37(11-3)47(58-51)29-43-33(7)41(49(55-43)31-45(35)57-46)17-15-27-68-53(66)60(19-23-62)20-24-63/h29-32,55-59,62-65H,9-28H2,1-8H3. The number of amides is 2. The number of hydrogen-bond acceptors (Lipinski definition) is 8. The first-order valence-electron chi connectivity index (χ1n) is 25.3. The fourth-order valence-corrected chi connectivity index (χ4v) is 10.3. The summed E-state index contributed by atoms with van der Waals surface area (Å²) >= 11 is 0. The van der Waals surface area contributed by atoms with Crippen LogP contribution >= 0.6 is 0 Å². The van der Waals surface area contributed by atoms with Crippen LogP contribution in [0.4, 0.5) is 9.59 Å². The Kier molecular flexibility index (Phi) is 18.8. The average Bonchev–Trinajstić information content (AvgIpc) is 4.12. The van der Waals surface area contributed by atoms with Crippen LogP contribution in [0.5, 0.6) is 0 Å². The zero-order valence-electron chi connectivity index (χ0n) is 42.3. The van der Waals surface area contributed by atoms with E-state index in [2.05, 4.69) is 105 Å². The summed E-state index contributed by atoms with van der Waals surface area (Å²) in [6.45, 7) is 17.4. The highest BCUT2D eigenvalue weighted by Gasteiger charge is 2.20. The third-order valence-electron chi connectivity index (χ3n) is 13.8. The van der Waals surface area contributed by atoms with Crippen molar-refractivity contribution < 1.29 is 39.5 Å². The Hall–Kier alpha value is -5.74. The molecule has 0 spiro atoms. The first-order valence-corrected chi connectivity index (χ1v) is 25.3. The third kappa shape index (κ3) is 11.5. The number of carbonyl (C=O) groups excluding carboxylic acids is 2. The molecule has 9 N–H and O–H groups in total. The second kappa shape index (κ2) is 24.7. The number of ether oxygens (including phenoxy) is 2. The van der Waals surface area contributed by atoms with Gasteiger partial charge in [0.25, 0.3) is 0 Å². The Bertz CT molecular complexity index is 2710. The van der Waals surface area contributed by atoms with Crippen molar-refractivity contribution in [3.05, 3.63) is 111 Å². The predicted octanol–water partition coefficient (Wildman–Crippen LogP) is 3.95. The molecule has 5 aromatic rings. The van der Waals surface area contributed by atoms with E-state index in [-0.39, 0.29) is 65.8 Å². The lowest BCUT2D eigenvalue weighted by Crippen LogP contribution is -2.36. The molecule has 0 radical (unpaired) electrons. The summed E-state index contributed by atoms with van der Waals surface area (Å²) in [5.74, 6) is 0. The molecule has 0 atom stereocenters. The van der Waals surface area contributed by atoms with E-state index in [0.29, 0.717) is 25.7 Å². The summed E-state index contributed by atoms with van der Waals surface area (Å²) in [7, 11) is 0. The predicted molar refractivity (Wildman–Crippen MR) is 271 cm³/mol. The van der Waals surface area contributed by atoms with Gasteiger partial charge < -0.3 is 64.6 Å². The molecule has 6 heterocycles. The zero-order chi connectivity index (χ0) is 49.8. The molecule has 2 amide bonds. The van der Waals surface area contributed by atoms with Crippen LogP contribution in [0, 0.1) is 24.5 Å². The van der Waals surface area contributed by atoms with Gasteiger partial charge in [-0.3, -0.25) is 0 Å². The minimum Gasteiger partial charge on any atom is -0.449 e. The molecule has 0 fully saturated rings. The number of aliphatic hydroxyl groups is 4. The summed E-state index contributed by atoms with van der Waals surface area (Å²) in [5.41, 5.74) is 16.1. The normalized spacial score (nSPS) is 12.1. The van der Waals surface area contributed by atoms with Crippen molar-refractivity contribution in [3.8, 4) is 0 Å². The maximum absolute atomic E-state index is 12.9. The van der Waals surface area contributed by atoms with E-state index in [4.69, 9.17) is 9.47 Å². The van der Waals surface area contributed by atoms with Crippen LogP contribution in [0.15, 0.2) is 0 Å². The summed E-state index contributed by atoms with van der Waals surface area (Å²) in [6, 6.07) is 0. The molecule has 1 aliphatic heterocycles. The minimum absolute atomic E-state index is 0.0914. The smallest absolute Gasteiger partial charge is 0.409 e. The number of H-pyrrole nitrogens is 5. The molecular weight excluding hydrogens is 875 g/mol. The van der Waals surface area contributed by atoms with Crippen LogP contribution in [0.1, 0.15) is 133 Å². The van der Waals surface area contributed by atoms with Gasteiger partial charge in [0.05, 0.1) is 50.3 Å². The second-order valence-corrected chi connectivity index (χ2v) is 17.8. The fraction of sp³-hybridized carbons (Fsp3) is 0.519. The number of carbonyl (C=O) groups is 2. The molecular formula is C54H77N7O8. The molecule has 1 aliphatic rings. The van der Waals surface area contributed by atoms with E-state index in [1.807, 2.05) is 0 Å². The monoisotopic (exact) mass is 952 g/mol. The summed E-state index contributed by atoms with van der Waals surface area (Å²) in [6.07, 6.45) is 15.3. The molecule has 0 aromatic carbocycles. The van der Waals surface area contributed by atoms with Gasteiger partial charge in [-0.05, 0) is 158 Å². The quantitative estimate of drug-likeness (QED) is 0.0453. The Morgan fingerprint density at radius 1 is 0.435 bits per heavy atom. The van der Waals surface area contributed by atoms with E-state index in [0.717, 1.165) is 116 Å². The van der Waals surface area contributed by atoms with Crippen LogP contribution in [-0.2, 0) is 60.8 Å².